The van der Waals surface area contributed by atoms with Crippen LogP contribution < -0.4 is 24.4 Å². The van der Waals surface area contributed by atoms with Gasteiger partial charge in [0.1, 0.15) is 18.0 Å². The van der Waals surface area contributed by atoms with Gasteiger partial charge in [0.15, 0.2) is 11.9 Å². The van der Waals surface area contributed by atoms with Crippen LogP contribution in [-0.2, 0) is 9.59 Å². The third-order valence-corrected chi connectivity index (χ3v) is 4.17. The molecule has 0 saturated heterocycles. The molecule has 2 aromatic rings. The summed E-state index contributed by atoms with van der Waals surface area (Å²) >= 11 is 0. The second-order valence-corrected chi connectivity index (χ2v) is 6.05. The minimum atomic E-state index is -0.870. The van der Waals surface area contributed by atoms with Crippen molar-refractivity contribution in [2.45, 2.75) is 13.0 Å². The summed E-state index contributed by atoms with van der Waals surface area (Å²) in [6, 6.07) is 7.37. The number of benzene rings is 1. The normalized spacial score (nSPS) is 15.2. The molecule has 152 valence electrons. The largest absolute Gasteiger partial charge is 0.497 e. The van der Waals surface area contributed by atoms with Gasteiger partial charge in [-0.15, -0.1) is 0 Å². The quantitative estimate of drug-likeness (QED) is 0.571. The maximum absolute atomic E-state index is 12.6. The highest BCUT2D eigenvalue weighted by molar-refractivity contribution is 6.05. The summed E-state index contributed by atoms with van der Waals surface area (Å²) in [6.07, 6.45) is -0.870. The summed E-state index contributed by atoms with van der Waals surface area (Å²) in [5.74, 6) is -0.578. The van der Waals surface area contributed by atoms with Gasteiger partial charge in [-0.2, -0.15) is 0 Å². The number of carbonyl (C=O) groups is 2. The molecular weight excluding hydrogens is 384 g/mol. The molecule has 29 heavy (non-hydrogen) atoms. The van der Waals surface area contributed by atoms with Crippen LogP contribution in [0.2, 0.25) is 0 Å². The predicted octanol–water partition coefficient (Wildman–Crippen LogP) is 1.76. The van der Waals surface area contributed by atoms with Crippen molar-refractivity contribution in [3.63, 3.8) is 0 Å². The van der Waals surface area contributed by atoms with Crippen LogP contribution in [0.25, 0.3) is 0 Å². The fourth-order valence-electron chi connectivity index (χ4n) is 2.78. The number of carbonyl (C=O) groups excluding carboxylic acids is 2. The van der Waals surface area contributed by atoms with Gasteiger partial charge in [-0.25, -0.2) is 0 Å². The maximum atomic E-state index is 12.6. The minimum absolute atomic E-state index is 0.0879. The van der Waals surface area contributed by atoms with Crippen molar-refractivity contribution >= 4 is 29.1 Å². The number of methoxy groups -OCH3 is 2. The van der Waals surface area contributed by atoms with Gasteiger partial charge in [0.25, 0.3) is 11.7 Å². The zero-order valence-electron chi connectivity index (χ0n) is 15.9. The molecule has 0 fully saturated rings. The van der Waals surface area contributed by atoms with Gasteiger partial charge < -0.3 is 29.6 Å². The van der Waals surface area contributed by atoms with E-state index in [9.17, 15) is 19.7 Å². The third-order valence-electron chi connectivity index (χ3n) is 4.17. The topological polar surface area (TPSA) is 133 Å². The average molecular weight is 402 g/mol. The first-order valence-electron chi connectivity index (χ1n) is 8.49. The zero-order valence-corrected chi connectivity index (χ0v) is 15.9. The van der Waals surface area contributed by atoms with Crippen molar-refractivity contribution < 1.29 is 28.7 Å². The molecule has 1 N–H and O–H groups in total. The number of aromatic nitrogens is 1. The Morgan fingerprint density at radius 3 is 2.72 bits per heavy atom. The molecule has 0 aliphatic carbocycles. The Morgan fingerprint density at radius 2 is 2.07 bits per heavy atom. The molecule has 2 heterocycles. The molecule has 1 aromatic heterocycles. The van der Waals surface area contributed by atoms with Crippen LogP contribution >= 0.6 is 0 Å². The molecule has 11 heteroatoms. The molecule has 2 amide bonds. The highest BCUT2D eigenvalue weighted by atomic mass is 16.6. The molecule has 0 saturated carbocycles. The van der Waals surface area contributed by atoms with E-state index in [1.807, 2.05) is 0 Å². The number of nitrogens with zero attached hydrogens (tertiary/aromatic N) is 3. The first-order chi connectivity index (χ1) is 13.8. The average Bonchev–Trinajstić information content (AvgIpc) is 2.70. The number of rotatable bonds is 6. The summed E-state index contributed by atoms with van der Waals surface area (Å²) in [5.41, 5.74) is 0.345. The summed E-state index contributed by atoms with van der Waals surface area (Å²) < 4.78 is 15.8. The Kier molecular flexibility index (Phi) is 5.48. The van der Waals surface area contributed by atoms with Crippen molar-refractivity contribution in [1.29, 1.82) is 0 Å². The Balaban J connectivity index is 1.88. The highest BCUT2D eigenvalue weighted by Crippen LogP contribution is 2.34. The van der Waals surface area contributed by atoms with Gasteiger partial charge in [-0.1, -0.05) is 0 Å². The predicted molar refractivity (Wildman–Crippen MR) is 102 cm³/mol. The Labute approximate surface area is 165 Å². The van der Waals surface area contributed by atoms with Crippen molar-refractivity contribution in [3.05, 3.63) is 40.4 Å². The van der Waals surface area contributed by atoms with Crippen LogP contribution in [0.5, 0.6) is 17.2 Å². The smallest absolute Gasteiger partial charge is 0.366 e. The van der Waals surface area contributed by atoms with Crippen LogP contribution in [0.1, 0.15) is 6.92 Å². The van der Waals surface area contributed by atoms with Crippen LogP contribution in [0.4, 0.5) is 17.3 Å². The zero-order chi connectivity index (χ0) is 21.1. The lowest BCUT2D eigenvalue weighted by molar-refractivity contribution is -0.389. The first-order valence-corrected chi connectivity index (χ1v) is 8.49. The molecule has 1 aromatic carbocycles. The van der Waals surface area contributed by atoms with Crippen LogP contribution in [0, 0.1) is 10.1 Å². The second-order valence-electron chi connectivity index (χ2n) is 6.05. The Hall–Kier alpha value is -3.89. The number of amides is 2. The van der Waals surface area contributed by atoms with Gasteiger partial charge in [-0.05, 0) is 35.0 Å². The molecular formula is C18H18N4O7. The number of anilines is 2. The molecule has 3 rings (SSSR count). The monoisotopic (exact) mass is 402 g/mol. The third kappa shape index (κ3) is 4.03. The standard InChI is InChI=1S/C18H18N4O7/c1-10-18(24)21(17-14(29-10)6-7-15(20-17)22(25)26)9-16(23)19-12-8-11(27-2)4-5-13(12)28-3/h4-8,10H,9H2,1-3H3,(H,19,23). The van der Waals surface area contributed by atoms with E-state index in [4.69, 9.17) is 14.2 Å². The van der Waals surface area contributed by atoms with Crippen molar-refractivity contribution in [2.75, 3.05) is 31.0 Å². The summed E-state index contributed by atoms with van der Waals surface area (Å²) in [7, 11) is 2.93. The molecule has 1 unspecified atom stereocenters. The molecule has 0 radical (unpaired) electrons. The minimum Gasteiger partial charge on any atom is -0.497 e. The van der Waals surface area contributed by atoms with E-state index < -0.39 is 35.2 Å². The molecule has 1 atom stereocenters. The van der Waals surface area contributed by atoms with Crippen LogP contribution in [0.3, 0.4) is 0 Å². The van der Waals surface area contributed by atoms with Gasteiger partial charge >= 0.3 is 5.82 Å². The number of nitrogens with one attached hydrogen (secondary N) is 1. The van der Waals surface area contributed by atoms with Gasteiger partial charge in [0, 0.05) is 12.1 Å². The SMILES string of the molecule is COc1ccc(OC)c(NC(=O)CN2C(=O)C(C)Oc3ccc([N+](=O)[O-])nc32)c1. The highest BCUT2D eigenvalue weighted by Gasteiger charge is 2.37. The molecule has 1 aliphatic rings. The number of pyridine rings is 1. The van der Waals surface area contributed by atoms with Crippen molar-refractivity contribution in [2.24, 2.45) is 0 Å². The lowest BCUT2D eigenvalue weighted by atomic mass is 10.2. The number of hydrogen-bond donors (Lipinski definition) is 1. The van der Waals surface area contributed by atoms with Gasteiger partial charge in [-0.3, -0.25) is 14.5 Å². The summed E-state index contributed by atoms with van der Waals surface area (Å²) in [4.78, 5) is 40.4. The summed E-state index contributed by atoms with van der Waals surface area (Å²) in [5, 5.41) is 13.7. The van der Waals surface area contributed by atoms with Crippen LogP contribution in [-0.4, -0.2) is 48.6 Å². The lowest BCUT2D eigenvalue weighted by Crippen LogP contribution is -2.48. The van der Waals surface area contributed by atoms with E-state index in [1.165, 1.54) is 33.3 Å². The van der Waals surface area contributed by atoms with E-state index in [1.54, 1.807) is 18.2 Å². The van der Waals surface area contributed by atoms with E-state index in [2.05, 4.69) is 10.3 Å². The summed E-state index contributed by atoms with van der Waals surface area (Å²) in [6.45, 7) is 1.09. The number of nitro groups is 1. The molecule has 0 bridgehead atoms. The fourth-order valence-corrected chi connectivity index (χ4v) is 2.78. The lowest BCUT2D eigenvalue weighted by Gasteiger charge is -2.28. The van der Waals surface area contributed by atoms with Crippen molar-refractivity contribution in [1.82, 2.24) is 4.98 Å². The van der Waals surface area contributed by atoms with Crippen LogP contribution in [0.15, 0.2) is 30.3 Å². The Bertz CT molecular complexity index is 979. The van der Waals surface area contributed by atoms with Crippen molar-refractivity contribution in [3.8, 4) is 17.2 Å². The van der Waals surface area contributed by atoms with E-state index in [0.717, 1.165) is 4.90 Å². The van der Waals surface area contributed by atoms with E-state index in [0.29, 0.717) is 17.2 Å². The Morgan fingerprint density at radius 1 is 1.31 bits per heavy atom. The number of hydrogen-bond acceptors (Lipinski definition) is 8. The maximum Gasteiger partial charge on any atom is 0.366 e. The molecule has 1 aliphatic heterocycles. The number of fused-ring (bicyclic) bond motifs is 1. The fraction of sp³-hybridized carbons (Fsp3) is 0.278. The molecule has 0 spiro atoms. The molecule has 11 nitrogen and oxygen atoms in total. The van der Waals surface area contributed by atoms with E-state index >= 15 is 0 Å². The first kappa shape index (κ1) is 19.9. The van der Waals surface area contributed by atoms with Gasteiger partial charge in [0.05, 0.1) is 19.9 Å². The number of ether oxygens (including phenoxy) is 3. The second kappa shape index (κ2) is 8.00. The van der Waals surface area contributed by atoms with Gasteiger partial charge in [0.2, 0.25) is 5.91 Å². The van der Waals surface area contributed by atoms with E-state index in [-0.39, 0.29) is 11.6 Å².